The quantitative estimate of drug-likeness (QED) is 0.676. The molecule has 0 unspecified atom stereocenters. The number of carboxylic acids is 1. The Morgan fingerprint density at radius 2 is 2.31 bits per heavy atom. The Morgan fingerprint density at radius 3 is 3.00 bits per heavy atom. The van der Waals surface area contributed by atoms with Gasteiger partial charge in [0.2, 0.25) is 0 Å². The van der Waals surface area contributed by atoms with Gasteiger partial charge >= 0.3 is 5.97 Å². The van der Waals surface area contributed by atoms with E-state index >= 15 is 0 Å². The highest BCUT2D eigenvalue weighted by Gasteiger charge is 2.12. The van der Waals surface area contributed by atoms with Crippen LogP contribution in [-0.2, 0) is 0 Å². The molecule has 66 valence electrons. The molecule has 13 heavy (non-hydrogen) atoms. The van der Waals surface area contributed by atoms with Crippen LogP contribution in [0.2, 0.25) is 5.15 Å². The van der Waals surface area contributed by atoms with Crippen LogP contribution in [0.4, 0.5) is 0 Å². The van der Waals surface area contributed by atoms with Gasteiger partial charge in [0.25, 0.3) is 0 Å². The number of hydrogen-bond donors (Lipinski definition) is 2. The summed E-state index contributed by atoms with van der Waals surface area (Å²) in [6.45, 7) is 0. The normalized spacial score (nSPS) is 10.5. The smallest absolute Gasteiger partial charge is 0.339 e. The molecule has 0 aromatic carbocycles. The second-order valence-electron chi connectivity index (χ2n) is 2.43. The summed E-state index contributed by atoms with van der Waals surface area (Å²) in [5, 5.41) is 15.8. The Hall–Kier alpha value is -1.62. The second-order valence-corrected chi connectivity index (χ2v) is 2.78. The lowest BCUT2D eigenvalue weighted by Gasteiger charge is -1.96. The third-order valence-electron chi connectivity index (χ3n) is 1.67. The van der Waals surface area contributed by atoms with Crippen molar-refractivity contribution >= 4 is 28.5 Å². The van der Waals surface area contributed by atoms with Gasteiger partial charge in [0, 0.05) is 6.20 Å². The summed E-state index contributed by atoms with van der Waals surface area (Å²) < 4.78 is 0. The van der Waals surface area contributed by atoms with Gasteiger partial charge in [-0.3, -0.25) is 5.10 Å². The van der Waals surface area contributed by atoms with E-state index in [1.165, 1.54) is 12.4 Å². The first-order chi connectivity index (χ1) is 6.20. The lowest BCUT2D eigenvalue weighted by atomic mass is 10.2. The summed E-state index contributed by atoms with van der Waals surface area (Å²) in [7, 11) is 0. The van der Waals surface area contributed by atoms with Crippen molar-refractivity contribution in [3.05, 3.63) is 23.1 Å². The van der Waals surface area contributed by atoms with E-state index in [1.54, 1.807) is 0 Å². The first-order valence-electron chi connectivity index (χ1n) is 3.41. The monoisotopic (exact) mass is 197 g/mol. The summed E-state index contributed by atoms with van der Waals surface area (Å²) in [5.74, 6) is -1.06. The molecule has 2 aromatic heterocycles. The molecule has 0 aliphatic rings. The van der Waals surface area contributed by atoms with Gasteiger partial charge in [-0.1, -0.05) is 11.6 Å². The molecule has 2 N–H and O–H groups in total. The van der Waals surface area contributed by atoms with E-state index < -0.39 is 5.97 Å². The maximum absolute atomic E-state index is 10.7. The van der Waals surface area contributed by atoms with Crippen molar-refractivity contribution in [2.24, 2.45) is 0 Å². The predicted octanol–water partition coefficient (Wildman–Crippen LogP) is 1.31. The summed E-state index contributed by atoms with van der Waals surface area (Å²) in [5.41, 5.74) is 0.462. The highest BCUT2D eigenvalue weighted by atomic mass is 35.5. The molecule has 2 aromatic rings. The van der Waals surface area contributed by atoms with E-state index in [0.717, 1.165) is 0 Å². The fraction of sp³-hybridized carbons (Fsp3) is 0. The Balaban J connectivity index is 2.86. The van der Waals surface area contributed by atoms with Crippen LogP contribution in [0.15, 0.2) is 12.4 Å². The van der Waals surface area contributed by atoms with Gasteiger partial charge in [0.1, 0.15) is 10.7 Å². The number of aromatic nitrogens is 3. The van der Waals surface area contributed by atoms with E-state index in [9.17, 15) is 4.79 Å². The molecule has 0 fully saturated rings. The second kappa shape index (κ2) is 2.70. The minimum Gasteiger partial charge on any atom is -0.478 e. The maximum Gasteiger partial charge on any atom is 0.339 e. The fourth-order valence-electron chi connectivity index (χ4n) is 1.07. The van der Waals surface area contributed by atoms with Gasteiger partial charge < -0.3 is 5.11 Å². The molecular weight excluding hydrogens is 194 g/mol. The Kier molecular flexibility index (Phi) is 1.66. The molecule has 0 radical (unpaired) electrons. The molecule has 0 atom stereocenters. The van der Waals surface area contributed by atoms with Gasteiger partial charge in [-0.15, -0.1) is 0 Å². The van der Waals surface area contributed by atoms with Crippen LogP contribution in [-0.4, -0.2) is 26.3 Å². The SMILES string of the molecule is O=C(O)c1cnc(Cl)c2cn[nH]c12. The third kappa shape index (κ3) is 1.13. The highest BCUT2D eigenvalue weighted by molar-refractivity contribution is 6.34. The van der Waals surface area contributed by atoms with Crippen LogP contribution in [0.1, 0.15) is 10.4 Å². The molecule has 0 aliphatic heterocycles. The van der Waals surface area contributed by atoms with Crippen LogP contribution in [0.3, 0.4) is 0 Å². The molecule has 0 amide bonds. The number of halogens is 1. The number of carboxylic acid groups (broad SMARTS) is 1. The van der Waals surface area contributed by atoms with Gasteiger partial charge in [-0.25, -0.2) is 9.78 Å². The van der Waals surface area contributed by atoms with Crippen LogP contribution >= 0.6 is 11.6 Å². The zero-order valence-corrected chi connectivity index (χ0v) is 7.04. The van der Waals surface area contributed by atoms with Crippen LogP contribution in [0, 0.1) is 0 Å². The molecule has 0 saturated heterocycles. The van der Waals surface area contributed by atoms with E-state index in [2.05, 4.69) is 15.2 Å². The molecule has 0 aliphatic carbocycles. The van der Waals surface area contributed by atoms with Crippen LogP contribution in [0.5, 0.6) is 0 Å². The van der Waals surface area contributed by atoms with Crippen molar-refractivity contribution in [3.8, 4) is 0 Å². The third-order valence-corrected chi connectivity index (χ3v) is 1.97. The van der Waals surface area contributed by atoms with E-state index in [4.69, 9.17) is 16.7 Å². The van der Waals surface area contributed by atoms with Crippen molar-refractivity contribution in [2.45, 2.75) is 0 Å². The molecule has 0 spiro atoms. The number of fused-ring (bicyclic) bond motifs is 1. The number of pyridine rings is 1. The Labute approximate surface area is 77.4 Å². The Bertz CT molecular complexity index is 480. The number of nitrogens with one attached hydrogen (secondary N) is 1. The number of carbonyl (C=O) groups is 1. The maximum atomic E-state index is 10.7. The lowest BCUT2D eigenvalue weighted by Crippen LogP contribution is -1.98. The number of H-pyrrole nitrogens is 1. The summed E-state index contributed by atoms with van der Waals surface area (Å²) in [6.07, 6.45) is 2.64. The highest BCUT2D eigenvalue weighted by Crippen LogP contribution is 2.21. The van der Waals surface area contributed by atoms with E-state index in [0.29, 0.717) is 10.9 Å². The number of hydrogen-bond acceptors (Lipinski definition) is 3. The predicted molar refractivity (Wildman–Crippen MR) is 45.9 cm³/mol. The first-order valence-corrected chi connectivity index (χ1v) is 3.79. The summed E-state index contributed by atoms with van der Waals surface area (Å²) in [6, 6.07) is 0. The largest absolute Gasteiger partial charge is 0.478 e. The zero-order chi connectivity index (χ0) is 9.42. The number of aromatic carboxylic acids is 1. The number of rotatable bonds is 1. The minimum atomic E-state index is -1.06. The van der Waals surface area contributed by atoms with E-state index in [1.807, 2.05) is 0 Å². The Morgan fingerprint density at radius 1 is 1.54 bits per heavy atom. The lowest BCUT2D eigenvalue weighted by molar-refractivity contribution is 0.0698. The van der Waals surface area contributed by atoms with Gasteiger partial charge in [-0.2, -0.15) is 5.10 Å². The molecule has 5 nitrogen and oxygen atoms in total. The summed E-state index contributed by atoms with van der Waals surface area (Å²) >= 11 is 5.71. The van der Waals surface area contributed by atoms with Crippen molar-refractivity contribution < 1.29 is 9.90 Å². The first kappa shape index (κ1) is 8.00. The van der Waals surface area contributed by atoms with Gasteiger partial charge in [-0.05, 0) is 0 Å². The molecule has 0 bridgehead atoms. The molecule has 6 heteroatoms. The average Bonchev–Trinajstić information content (AvgIpc) is 2.53. The topological polar surface area (TPSA) is 78.9 Å². The van der Waals surface area contributed by atoms with Crippen molar-refractivity contribution in [2.75, 3.05) is 0 Å². The van der Waals surface area contributed by atoms with Crippen molar-refractivity contribution in [1.82, 2.24) is 15.2 Å². The van der Waals surface area contributed by atoms with Gasteiger partial charge in [0.15, 0.2) is 0 Å². The molecule has 2 rings (SSSR count). The summed E-state index contributed by atoms with van der Waals surface area (Å²) in [4.78, 5) is 14.4. The number of nitrogens with zero attached hydrogens (tertiary/aromatic N) is 2. The standard InChI is InChI=1S/C7H4ClN3O2/c8-6-3-2-10-11-5(3)4(1-9-6)7(12)13/h1-2H,(H,10,11)(H,12,13). The molecule has 2 heterocycles. The van der Waals surface area contributed by atoms with Crippen molar-refractivity contribution in [1.29, 1.82) is 0 Å². The number of aromatic amines is 1. The molecular formula is C7H4ClN3O2. The zero-order valence-electron chi connectivity index (χ0n) is 6.28. The van der Waals surface area contributed by atoms with Gasteiger partial charge in [0.05, 0.1) is 17.1 Å². The fourth-order valence-corrected chi connectivity index (χ4v) is 1.26. The van der Waals surface area contributed by atoms with Crippen molar-refractivity contribution in [3.63, 3.8) is 0 Å². The van der Waals surface area contributed by atoms with Crippen LogP contribution in [0.25, 0.3) is 10.9 Å². The van der Waals surface area contributed by atoms with E-state index in [-0.39, 0.29) is 10.7 Å². The van der Waals surface area contributed by atoms with Crippen LogP contribution < -0.4 is 0 Å². The minimum absolute atomic E-state index is 0.0666. The average molecular weight is 198 g/mol. The molecule has 0 saturated carbocycles.